The minimum Gasteiger partial charge on any atom is -0.300 e. The molecule has 0 aliphatic carbocycles. The minimum absolute atomic E-state index is 0.813. The molecule has 0 aliphatic rings. The number of hydrazine groups is 1. The summed E-state index contributed by atoms with van der Waals surface area (Å²) in [5, 5.41) is 0. The molecule has 98 valence electrons. The second-order valence-electron chi connectivity index (χ2n) is 4.21. The summed E-state index contributed by atoms with van der Waals surface area (Å²) in [4.78, 5) is 4.57. The van der Waals surface area contributed by atoms with Crippen molar-refractivity contribution in [3.05, 3.63) is 66.2 Å². The molecule has 0 aromatic heterocycles. The molecule has 0 unspecified atom stereocenters. The first kappa shape index (κ1) is 13.1. The number of nitrogens with zero attached hydrogens (tertiary/aromatic N) is 1. The summed E-state index contributed by atoms with van der Waals surface area (Å²) in [7, 11) is 0. The van der Waals surface area contributed by atoms with Crippen LogP contribution in [-0.4, -0.2) is 12.4 Å². The van der Waals surface area contributed by atoms with E-state index in [1.54, 1.807) is 0 Å². The molecule has 0 saturated heterocycles. The van der Waals surface area contributed by atoms with Crippen LogP contribution in [0, 0.1) is 0 Å². The first-order chi connectivity index (χ1) is 9.40. The lowest BCUT2D eigenvalue weighted by molar-refractivity contribution is 0.918. The molecule has 0 atom stereocenters. The highest BCUT2D eigenvalue weighted by atomic mass is 15.4. The predicted octanol–water partition coefficient (Wildman–Crippen LogP) is 3.46. The highest BCUT2D eigenvalue weighted by Crippen LogP contribution is 2.04. The Kier molecular flexibility index (Phi) is 4.99. The van der Waals surface area contributed by atoms with Crippen LogP contribution >= 0.6 is 0 Å². The average Bonchev–Trinajstić information content (AvgIpc) is 2.49. The van der Waals surface area contributed by atoms with Crippen LogP contribution in [0.2, 0.25) is 0 Å². The second-order valence-corrected chi connectivity index (χ2v) is 4.21. The van der Waals surface area contributed by atoms with Crippen molar-refractivity contribution >= 4 is 11.5 Å². The normalized spacial score (nSPS) is 11.1. The summed E-state index contributed by atoms with van der Waals surface area (Å²) in [6, 6.07) is 20.1. The number of aliphatic imine (C=N–C) groups is 1. The smallest absolute Gasteiger partial charge is 0.147 e. The van der Waals surface area contributed by atoms with Crippen LogP contribution in [0.3, 0.4) is 0 Å². The highest BCUT2D eigenvalue weighted by molar-refractivity contribution is 5.99. The lowest BCUT2D eigenvalue weighted by Gasteiger charge is -2.12. The molecule has 0 spiro atoms. The first-order valence-electron chi connectivity index (χ1n) is 6.57. The van der Waals surface area contributed by atoms with Crippen molar-refractivity contribution in [3.8, 4) is 0 Å². The van der Waals surface area contributed by atoms with Crippen molar-refractivity contribution in [1.82, 2.24) is 5.43 Å². The van der Waals surface area contributed by atoms with Gasteiger partial charge in [0.1, 0.15) is 5.84 Å². The molecule has 0 aliphatic heterocycles. The number of nitrogens with one attached hydrogen (secondary N) is 2. The third-order valence-corrected chi connectivity index (χ3v) is 2.64. The van der Waals surface area contributed by atoms with Crippen molar-refractivity contribution in [2.75, 3.05) is 12.0 Å². The third kappa shape index (κ3) is 4.14. The van der Waals surface area contributed by atoms with Crippen LogP contribution in [0.4, 0.5) is 5.69 Å². The van der Waals surface area contributed by atoms with Crippen LogP contribution in [0.1, 0.15) is 18.9 Å². The van der Waals surface area contributed by atoms with Gasteiger partial charge >= 0.3 is 0 Å². The molecule has 0 amide bonds. The third-order valence-electron chi connectivity index (χ3n) is 2.64. The van der Waals surface area contributed by atoms with Gasteiger partial charge in [0, 0.05) is 12.1 Å². The molecule has 0 fully saturated rings. The zero-order valence-electron chi connectivity index (χ0n) is 11.1. The summed E-state index contributed by atoms with van der Waals surface area (Å²) < 4.78 is 0. The van der Waals surface area contributed by atoms with Gasteiger partial charge in [-0.3, -0.25) is 15.8 Å². The maximum absolute atomic E-state index is 4.57. The minimum atomic E-state index is 0.813. The van der Waals surface area contributed by atoms with E-state index in [-0.39, 0.29) is 0 Å². The molecule has 2 aromatic carbocycles. The summed E-state index contributed by atoms with van der Waals surface area (Å²) in [5.74, 6) is 0.867. The van der Waals surface area contributed by atoms with Gasteiger partial charge in [0.25, 0.3) is 0 Å². The molecule has 19 heavy (non-hydrogen) atoms. The lowest BCUT2D eigenvalue weighted by Crippen LogP contribution is -2.30. The molecule has 0 saturated carbocycles. The van der Waals surface area contributed by atoms with Crippen LogP contribution in [-0.2, 0) is 0 Å². The van der Waals surface area contributed by atoms with Gasteiger partial charge < -0.3 is 0 Å². The number of anilines is 1. The Hall–Kier alpha value is -2.29. The number of benzene rings is 2. The summed E-state index contributed by atoms with van der Waals surface area (Å²) in [5.41, 5.74) is 8.46. The van der Waals surface area contributed by atoms with E-state index in [1.807, 2.05) is 60.7 Å². The maximum Gasteiger partial charge on any atom is 0.147 e. The molecule has 2 rings (SSSR count). The molecular formula is C16H19N3. The largest absolute Gasteiger partial charge is 0.300 e. The topological polar surface area (TPSA) is 36.4 Å². The SMILES string of the molecule is CCCN=C(NNc1ccccc1)c1ccccc1. The molecule has 0 bridgehead atoms. The maximum atomic E-state index is 4.57. The molecule has 0 radical (unpaired) electrons. The van der Waals surface area contributed by atoms with Gasteiger partial charge in [0.05, 0.1) is 5.69 Å². The molecule has 3 nitrogen and oxygen atoms in total. The molecular weight excluding hydrogens is 234 g/mol. The van der Waals surface area contributed by atoms with Gasteiger partial charge in [-0.25, -0.2) is 0 Å². The van der Waals surface area contributed by atoms with E-state index in [1.165, 1.54) is 0 Å². The average molecular weight is 253 g/mol. The molecule has 3 heteroatoms. The van der Waals surface area contributed by atoms with Crippen molar-refractivity contribution in [3.63, 3.8) is 0 Å². The standard InChI is InChI=1S/C16H19N3/c1-2-13-17-16(14-9-5-3-6-10-14)19-18-15-11-7-4-8-12-15/h3-12,18H,2,13H2,1H3,(H,17,19). The predicted molar refractivity (Wildman–Crippen MR) is 81.3 cm³/mol. The summed E-state index contributed by atoms with van der Waals surface area (Å²) >= 11 is 0. The molecule has 2 aromatic rings. The van der Waals surface area contributed by atoms with Gasteiger partial charge in [-0.2, -0.15) is 0 Å². The summed E-state index contributed by atoms with van der Waals surface area (Å²) in [6.45, 7) is 2.93. The van der Waals surface area contributed by atoms with Gasteiger partial charge in [0.2, 0.25) is 0 Å². The quantitative estimate of drug-likeness (QED) is 0.486. The Morgan fingerprint density at radius 3 is 2.21 bits per heavy atom. The van der Waals surface area contributed by atoms with Crippen molar-refractivity contribution in [1.29, 1.82) is 0 Å². The molecule has 0 heterocycles. The van der Waals surface area contributed by atoms with E-state index in [0.717, 1.165) is 30.1 Å². The van der Waals surface area contributed by atoms with Gasteiger partial charge in [-0.15, -0.1) is 0 Å². The fraction of sp³-hybridized carbons (Fsp3) is 0.188. The first-order valence-corrected chi connectivity index (χ1v) is 6.57. The Bertz CT molecular complexity index is 506. The van der Waals surface area contributed by atoms with Crippen molar-refractivity contribution in [2.24, 2.45) is 4.99 Å². The van der Waals surface area contributed by atoms with E-state index >= 15 is 0 Å². The second kappa shape index (κ2) is 7.21. The van der Waals surface area contributed by atoms with E-state index in [9.17, 15) is 0 Å². The Labute approximate surface area is 114 Å². The Morgan fingerprint density at radius 2 is 1.58 bits per heavy atom. The van der Waals surface area contributed by atoms with Gasteiger partial charge in [-0.05, 0) is 18.6 Å². The highest BCUT2D eigenvalue weighted by Gasteiger charge is 2.01. The van der Waals surface area contributed by atoms with Crippen LogP contribution in [0.15, 0.2) is 65.7 Å². The van der Waals surface area contributed by atoms with Crippen LogP contribution < -0.4 is 10.9 Å². The fourth-order valence-corrected chi connectivity index (χ4v) is 1.68. The zero-order valence-corrected chi connectivity index (χ0v) is 11.1. The number of hydrogen-bond acceptors (Lipinski definition) is 2. The molecule has 2 N–H and O–H groups in total. The lowest BCUT2D eigenvalue weighted by atomic mass is 10.2. The summed E-state index contributed by atoms with van der Waals surface area (Å²) in [6.07, 6.45) is 1.03. The van der Waals surface area contributed by atoms with Crippen molar-refractivity contribution < 1.29 is 0 Å². The fourth-order valence-electron chi connectivity index (χ4n) is 1.68. The number of amidine groups is 1. The van der Waals surface area contributed by atoms with Gasteiger partial charge in [-0.1, -0.05) is 55.5 Å². The zero-order chi connectivity index (χ0) is 13.3. The number of para-hydroxylation sites is 1. The van der Waals surface area contributed by atoms with E-state index in [0.29, 0.717) is 0 Å². The monoisotopic (exact) mass is 253 g/mol. The Morgan fingerprint density at radius 1 is 0.947 bits per heavy atom. The van der Waals surface area contributed by atoms with E-state index < -0.39 is 0 Å². The van der Waals surface area contributed by atoms with E-state index in [2.05, 4.69) is 22.8 Å². The van der Waals surface area contributed by atoms with Crippen LogP contribution in [0.25, 0.3) is 0 Å². The Balaban J connectivity index is 2.07. The van der Waals surface area contributed by atoms with Crippen LogP contribution in [0.5, 0.6) is 0 Å². The number of rotatable bonds is 5. The van der Waals surface area contributed by atoms with Gasteiger partial charge in [0.15, 0.2) is 0 Å². The number of hydrogen-bond donors (Lipinski definition) is 2. The van der Waals surface area contributed by atoms with E-state index in [4.69, 9.17) is 0 Å². The van der Waals surface area contributed by atoms with Crippen molar-refractivity contribution in [2.45, 2.75) is 13.3 Å².